The van der Waals surface area contributed by atoms with Crippen LogP contribution in [0.3, 0.4) is 0 Å². The molecule has 3 aromatic rings. The van der Waals surface area contributed by atoms with Crippen LogP contribution in [0.15, 0.2) is 28.8 Å². The average Bonchev–Trinajstić information content (AvgIpc) is 3.35. The highest BCUT2D eigenvalue weighted by molar-refractivity contribution is 5.76. The van der Waals surface area contributed by atoms with Gasteiger partial charge < -0.3 is 19.3 Å². The number of carbonyl (C=O) groups excluding carboxylic acids is 1. The Labute approximate surface area is 175 Å². The van der Waals surface area contributed by atoms with Gasteiger partial charge in [-0.1, -0.05) is 5.16 Å². The summed E-state index contributed by atoms with van der Waals surface area (Å²) in [7, 11) is 3.15. The van der Waals surface area contributed by atoms with E-state index in [4.69, 9.17) is 14.0 Å². The van der Waals surface area contributed by atoms with Crippen molar-refractivity contribution in [2.75, 3.05) is 20.8 Å². The van der Waals surface area contributed by atoms with Gasteiger partial charge in [0.15, 0.2) is 11.5 Å². The van der Waals surface area contributed by atoms with Crippen molar-refractivity contribution in [3.63, 3.8) is 0 Å². The monoisotopic (exact) mass is 413 g/mol. The number of nitrogens with zero attached hydrogens (tertiary/aromatic N) is 4. The topological polar surface area (TPSA) is 104 Å². The average molecular weight is 413 g/mol. The van der Waals surface area contributed by atoms with Crippen LogP contribution in [0.4, 0.5) is 0 Å². The summed E-state index contributed by atoms with van der Waals surface area (Å²) in [6, 6.07) is 7.43. The molecule has 2 heterocycles. The van der Waals surface area contributed by atoms with Gasteiger partial charge in [-0.25, -0.2) is 0 Å². The summed E-state index contributed by atoms with van der Waals surface area (Å²) < 4.78 is 17.8. The number of carbonyl (C=O) groups is 1. The van der Waals surface area contributed by atoms with Crippen LogP contribution >= 0.6 is 0 Å². The molecule has 0 saturated heterocycles. The van der Waals surface area contributed by atoms with Gasteiger partial charge in [-0.2, -0.15) is 10.1 Å². The maximum atomic E-state index is 12.1. The Balaban J connectivity index is 1.44. The van der Waals surface area contributed by atoms with Gasteiger partial charge in [0.2, 0.25) is 17.6 Å². The zero-order chi connectivity index (χ0) is 21.5. The quantitative estimate of drug-likeness (QED) is 0.510. The fourth-order valence-corrected chi connectivity index (χ4v) is 3.12. The molecule has 0 unspecified atom stereocenters. The molecule has 0 bridgehead atoms. The van der Waals surface area contributed by atoms with Crippen LogP contribution in [-0.4, -0.2) is 46.6 Å². The smallest absolute Gasteiger partial charge is 0.227 e. The summed E-state index contributed by atoms with van der Waals surface area (Å²) in [5.41, 5.74) is 2.88. The molecule has 1 amide bonds. The third-order valence-corrected chi connectivity index (χ3v) is 4.65. The van der Waals surface area contributed by atoms with Crippen LogP contribution in [-0.2, 0) is 17.8 Å². The number of aromatic nitrogens is 4. The molecule has 160 valence electrons. The van der Waals surface area contributed by atoms with Crippen LogP contribution in [0, 0.1) is 13.8 Å². The van der Waals surface area contributed by atoms with Crippen molar-refractivity contribution in [1.29, 1.82) is 0 Å². The molecule has 9 nitrogen and oxygen atoms in total. The van der Waals surface area contributed by atoms with E-state index in [9.17, 15) is 4.79 Å². The van der Waals surface area contributed by atoms with Crippen molar-refractivity contribution in [1.82, 2.24) is 25.2 Å². The maximum absolute atomic E-state index is 12.1. The van der Waals surface area contributed by atoms with Gasteiger partial charge in [-0.05, 0) is 44.5 Å². The van der Waals surface area contributed by atoms with Crippen molar-refractivity contribution in [3.05, 3.63) is 41.5 Å². The zero-order valence-corrected chi connectivity index (χ0v) is 17.8. The first-order valence-electron chi connectivity index (χ1n) is 9.83. The lowest BCUT2D eigenvalue weighted by Crippen LogP contribution is -2.25. The number of hydrogen-bond donors (Lipinski definition) is 1. The first-order valence-corrected chi connectivity index (χ1v) is 9.83. The fraction of sp³-hybridized carbons (Fsp3) is 0.429. The molecule has 1 N–H and O–H groups in total. The van der Waals surface area contributed by atoms with Gasteiger partial charge in [0.25, 0.3) is 0 Å². The van der Waals surface area contributed by atoms with Gasteiger partial charge in [0.1, 0.15) is 0 Å². The summed E-state index contributed by atoms with van der Waals surface area (Å²) in [6.07, 6.45) is 1.48. The predicted octanol–water partition coefficient (Wildman–Crippen LogP) is 2.71. The van der Waals surface area contributed by atoms with Crippen molar-refractivity contribution < 1.29 is 18.8 Å². The standard InChI is InChI=1S/C21H27N5O4/c1-14-12-15(2)26(24-14)11-5-10-22-19(27)8-9-20-23-21(25-30-20)16-6-7-17(28-3)18(13-16)29-4/h6-7,12-13H,5,8-11H2,1-4H3,(H,22,27). The lowest BCUT2D eigenvalue weighted by Gasteiger charge is -2.07. The minimum absolute atomic E-state index is 0.0470. The van der Waals surface area contributed by atoms with Gasteiger partial charge in [0, 0.05) is 37.2 Å². The second-order valence-corrected chi connectivity index (χ2v) is 6.94. The number of nitrogens with one attached hydrogen (secondary N) is 1. The molecule has 3 rings (SSSR count). The Morgan fingerprint density at radius 2 is 1.97 bits per heavy atom. The minimum atomic E-state index is -0.0470. The predicted molar refractivity (Wildman–Crippen MR) is 110 cm³/mol. The molecular formula is C21H27N5O4. The van der Waals surface area contributed by atoms with E-state index in [1.54, 1.807) is 26.4 Å². The van der Waals surface area contributed by atoms with E-state index in [1.165, 1.54) is 0 Å². The first kappa shape index (κ1) is 21.4. The summed E-state index contributed by atoms with van der Waals surface area (Å²) in [6.45, 7) is 5.37. The Bertz CT molecular complexity index is 995. The van der Waals surface area contributed by atoms with E-state index in [0.29, 0.717) is 36.2 Å². The number of aryl methyl sites for hydroxylation is 4. The summed E-state index contributed by atoms with van der Waals surface area (Å²) in [5.74, 6) is 2.02. The molecule has 0 fully saturated rings. The molecular weight excluding hydrogens is 386 g/mol. The molecule has 30 heavy (non-hydrogen) atoms. The van der Waals surface area contributed by atoms with Crippen molar-refractivity contribution >= 4 is 5.91 Å². The van der Waals surface area contributed by atoms with E-state index in [0.717, 1.165) is 29.9 Å². The Morgan fingerprint density at radius 3 is 2.67 bits per heavy atom. The number of hydrogen-bond acceptors (Lipinski definition) is 7. The molecule has 0 atom stereocenters. The minimum Gasteiger partial charge on any atom is -0.493 e. The first-order chi connectivity index (χ1) is 14.5. The molecule has 9 heteroatoms. The SMILES string of the molecule is COc1ccc(-c2noc(CCC(=O)NCCCn3nc(C)cc3C)n2)cc1OC. The summed E-state index contributed by atoms with van der Waals surface area (Å²) in [4.78, 5) is 16.4. The molecule has 2 aromatic heterocycles. The Kier molecular flexibility index (Phi) is 7.05. The van der Waals surface area contributed by atoms with Gasteiger partial charge in [0.05, 0.1) is 19.9 Å². The highest BCUT2D eigenvalue weighted by Crippen LogP contribution is 2.31. The van der Waals surface area contributed by atoms with Crippen molar-refractivity contribution in [2.24, 2.45) is 0 Å². The van der Waals surface area contributed by atoms with E-state index in [1.807, 2.05) is 30.7 Å². The summed E-state index contributed by atoms with van der Waals surface area (Å²) in [5, 5.41) is 11.3. The highest BCUT2D eigenvalue weighted by Gasteiger charge is 2.13. The maximum Gasteiger partial charge on any atom is 0.227 e. The van der Waals surface area contributed by atoms with Gasteiger partial charge in [-0.3, -0.25) is 9.48 Å². The summed E-state index contributed by atoms with van der Waals surface area (Å²) >= 11 is 0. The molecule has 0 saturated carbocycles. The van der Waals surface area contributed by atoms with E-state index < -0.39 is 0 Å². The molecule has 0 aliphatic carbocycles. The van der Waals surface area contributed by atoms with Crippen LogP contribution in [0.1, 0.15) is 30.1 Å². The van der Waals surface area contributed by atoms with Crippen LogP contribution in [0.5, 0.6) is 11.5 Å². The molecule has 0 spiro atoms. The van der Waals surface area contributed by atoms with E-state index in [-0.39, 0.29) is 12.3 Å². The second kappa shape index (κ2) is 9.91. The van der Waals surface area contributed by atoms with E-state index in [2.05, 4.69) is 20.6 Å². The lowest BCUT2D eigenvalue weighted by molar-refractivity contribution is -0.121. The lowest BCUT2D eigenvalue weighted by atomic mass is 10.2. The third-order valence-electron chi connectivity index (χ3n) is 4.65. The van der Waals surface area contributed by atoms with Crippen molar-refractivity contribution in [2.45, 2.75) is 39.7 Å². The molecule has 0 aliphatic rings. The van der Waals surface area contributed by atoms with E-state index >= 15 is 0 Å². The van der Waals surface area contributed by atoms with Crippen LogP contribution in [0.25, 0.3) is 11.4 Å². The third kappa shape index (κ3) is 5.37. The van der Waals surface area contributed by atoms with Crippen LogP contribution in [0.2, 0.25) is 0 Å². The molecule has 0 radical (unpaired) electrons. The number of rotatable bonds is 10. The highest BCUT2D eigenvalue weighted by atomic mass is 16.5. The van der Waals surface area contributed by atoms with Crippen molar-refractivity contribution in [3.8, 4) is 22.9 Å². The number of ether oxygens (including phenoxy) is 2. The molecule has 1 aromatic carbocycles. The Morgan fingerprint density at radius 1 is 1.17 bits per heavy atom. The zero-order valence-electron chi connectivity index (χ0n) is 17.8. The second-order valence-electron chi connectivity index (χ2n) is 6.94. The Hall–Kier alpha value is -3.36. The number of benzene rings is 1. The fourth-order valence-electron chi connectivity index (χ4n) is 3.12. The normalized spacial score (nSPS) is 10.8. The van der Waals surface area contributed by atoms with Gasteiger partial charge >= 0.3 is 0 Å². The largest absolute Gasteiger partial charge is 0.493 e. The van der Waals surface area contributed by atoms with Gasteiger partial charge in [-0.15, -0.1) is 0 Å². The number of amides is 1. The molecule has 0 aliphatic heterocycles. The van der Waals surface area contributed by atoms with Crippen LogP contribution < -0.4 is 14.8 Å². The number of methoxy groups -OCH3 is 2.